The van der Waals surface area contributed by atoms with Crippen molar-refractivity contribution in [3.63, 3.8) is 0 Å². The molecule has 1 aliphatic heterocycles. The maximum Gasteiger partial charge on any atom is 0.144 e. The number of benzene rings is 1. The molecule has 0 aromatic heterocycles. The predicted octanol–water partition coefficient (Wildman–Crippen LogP) is 3.06. The molecule has 0 bridgehead atoms. The second-order valence-corrected chi connectivity index (χ2v) is 6.14. The summed E-state index contributed by atoms with van der Waals surface area (Å²) >= 11 is 0. The largest absolute Gasteiger partial charge is 0.491 e. The summed E-state index contributed by atoms with van der Waals surface area (Å²) < 4.78 is 11.7. The van der Waals surface area contributed by atoms with Gasteiger partial charge in [0.2, 0.25) is 0 Å². The average Bonchev–Trinajstić information content (AvgIpc) is 2.35. The first-order valence-corrected chi connectivity index (χ1v) is 7.36. The fourth-order valence-electron chi connectivity index (χ4n) is 2.71. The lowest BCUT2D eigenvalue weighted by molar-refractivity contribution is -0.0749. The molecule has 1 saturated heterocycles. The zero-order chi connectivity index (χ0) is 14.8. The van der Waals surface area contributed by atoms with E-state index in [4.69, 9.17) is 15.2 Å². The minimum Gasteiger partial charge on any atom is -0.491 e. The van der Waals surface area contributed by atoms with Gasteiger partial charge in [0.25, 0.3) is 0 Å². The minimum atomic E-state index is -0.135. The molecule has 1 aromatic rings. The van der Waals surface area contributed by atoms with Gasteiger partial charge in [-0.05, 0) is 39.3 Å². The van der Waals surface area contributed by atoms with Crippen molar-refractivity contribution in [3.05, 3.63) is 18.2 Å². The summed E-state index contributed by atoms with van der Waals surface area (Å²) in [7, 11) is 0. The lowest BCUT2D eigenvalue weighted by atomic mass is 10.0. The SMILES string of the molecule is CCCOc1cc(N2CC(C)OC(C)(C)C2)ccc1N. The lowest BCUT2D eigenvalue weighted by Crippen LogP contribution is -2.52. The predicted molar refractivity (Wildman–Crippen MR) is 83.5 cm³/mol. The van der Waals surface area contributed by atoms with Crippen molar-refractivity contribution >= 4 is 11.4 Å². The van der Waals surface area contributed by atoms with Crippen molar-refractivity contribution in [2.24, 2.45) is 0 Å². The highest BCUT2D eigenvalue weighted by Gasteiger charge is 2.31. The number of hydrogen-bond acceptors (Lipinski definition) is 4. The van der Waals surface area contributed by atoms with Crippen LogP contribution in [0, 0.1) is 0 Å². The molecule has 0 saturated carbocycles. The van der Waals surface area contributed by atoms with Gasteiger partial charge in [0, 0.05) is 24.8 Å². The molecule has 1 atom stereocenters. The molecule has 2 rings (SSSR count). The standard InChI is InChI=1S/C16H26N2O2/c1-5-8-19-15-9-13(6-7-14(15)17)18-10-12(2)20-16(3,4)11-18/h6-7,9,12H,5,8,10-11,17H2,1-4H3. The van der Waals surface area contributed by atoms with Crippen molar-refractivity contribution in [2.45, 2.75) is 45.8 Å². The van der Waals surface area contributed by atoms with E-state index in [1.54, 1.807) is 0 Å². The van der Waals surface area contributed by atoms with Crippen LogP contribution in [-0.2, 0) is 4.74 Å². The second kappa shape index (κ2) is 5.92. The average molecular weight is 278 g/mol. The molecule has 0 spiro atoms. The zero-order valence-electron chi connectivity index (χ0n) is 13.0. The van der Waals surface area contributed by atoms with E-state index in [1.807, 2.05) is 12.1 Å². The lowest BCUT2D eigenvalue weighted by Gasteiger charge is -2.43. The quantitative estimate of drug-likeness (QED) is 0.860. The molecule has 1 fully saturated rings. The molecule has 4 nitrogen and oxygen atoms in total. The maximum atomic E-state index is 5.97. The van der Waals surface area contributed by atoms with Crippen molar-refractivity contribution < 1.29 is 9.47 Å². The first-order valence-electron chi connectivity index (χ1n) is 7.36. The van der Waals surface area contributed by atoms with Gasteiger partial charge < -0.3 is 20.1 Å². The molecule has 1 unspecified atom stereocenters. The van der Waals surface area contributed by atoms with E-state index in [0.717, 1.165) is 30.9 Å². The van der Waals surface area contributed by atoms with Crippen LogP contribution in [0.4, 0.5) is 11.4 Å². The number of hydrogen-bond donors (Lipinski definition) is 1. The summed E-state index contributed by atoms with van der Waals surface area (Å²) in [5.41, 5.74) is 7.68. The van der Waals surface area contributed by atoms with Crippen LogP contribution in [0.1, 0.15) is 34.1 Å². The Labute approximate surface area is 121 Å². The van der Waals surface area contributed by atoms with E-state index in [1.165, 1.54) is 0 Å². The number of nitrogen functional groups attached to an aromatic ring is 1. The Hall–Kier alpha value is -1.42. The fraction of sp³-hybridized carbons (Fsp3) is 0.625. The van der Waals surface area contributed by atoms with Gasteiger partial charge in [0.1, 0.15) is 5.75 Å². The fourth-order valence-corrected chi connectivity index (χ4v) is 2.71. The van der Waals surface area contributed by atoms with Crippen molar-refractivity contribution in [1.82, 2.24) is 0 Å². The Morgan fingerprint density at radius 1 is 1.45 bits per heavy atom. The normalized spacial score (nSPS) is 21.8. The Morgan fingerprint density at radius 2 is 2.20 bits per heavy atom. The number of nitrogens with zero attached hydrogens (tertiary/aromatic N) is 1. The summed E-state index contributed by atoms with van der Waals surface area (Å²) in [4.78, 5) is 2.34. The van der Waals surface area contributed by atoms with Crippen molar-refractivity contribution in [3.8, 4) is 5.75 Å². The van der Waals surface area contributed by atoms with E-state index < -0.39 is 0 Å². The highest BCUT2D eigenvalue weighted by atomic mass is 16.5. The Morgan fingerprint density at radius 3 is 2.85 bits per heavy atom. The number of morpholine rings is 1. The van der Waals surface area contributed by atoms with Gasteiger partial charge in [-0.3, -0.25) is 0 Å². The molecule has 0 amide bonds. The first-order chi connectivity index (χ1) is 9.41. The molecule has 4 heteroatoms. The van der Waals surface area contributed by atoms with Gasteiger partial charge in [0.15, 0.2) is 0 Å². The van der Waals surface area contributed by atoms with E-state index in [0.29, 0.717) is 12.3 Å². The third-order valence-electron chi connectivity index (χ3n) is 3.39. The molecular formula is C16H26N2O2. The minimum absolute atomic E-state index is 0.135. The van der Waals surface area contributed by atoms with E-state index in [9.17, 15) is 0 Å². The zero-order valence-corrected chi connectivity index (χ0v) is 13.0. The third kappa shape index (κ3) is 3.57. The van der Waals surface area contributed by atoms with Gasteiger partial charge in [0.05, 0.1) is 24.0 Å². The van der Waals surface area contributed by atoms with Gasteiger partial charge in [-0.2, -0.15) is 0 Å². The smallest absolute Gasteiger partial charge is 0.144 e. The van der Waals surface area contributed by atoms with Crippen LogP contribution in [0.25, 0.3) is 0 Å². The number of rotatable bonds is 4. The van der Waals surface area contributed by atoms with Crippen LogP contribution >= 0.6 is 0 Å². The molecular weight excluding hydrogens is 252 g/mol. The molecule has 20 heavy (non-hydrogen) atoms. The van der Waals surface area contributed by atoms with Crippen LogP contribution in [0.2, 0.25) is 0 Å². The van der Waals surface area contributed by atoms with E-state index in [2.05, 4.69) is 38.7 Å². The van der Waals surface area contributed by atoms with E-state index >= 15 is 0 Å². The Bertz CT molecular complexity index is 460. The Balaban J connectivity index is 2.19. The van der Waals surface area contributed by atoms with Crippen LogP contribution < -0.4 is 15.4 Å². The number of nitrogens with two attached hydrogens (primary N) is 1. The van der Waals surface area contributed by atoms with Crippen LogP contribution in [0.5, 0.6) is 5.75 Å². The summed E-state index contributed by atoms with van der Waals surface area (Å²) in [5.74, 6) is 0.779. The van der Waals surface area contributed by atoms with Gasteiger partial charge >= 0.3 is 0 Å². The van der Waals surface area contributed by atoms with Crippen molar-refractivity contribution in [2.75, 3.05) is 30.3 Å². The second-order valence-electron chi connectivity index (χ2n) is 6.14. The molecule has 0 aliphatic carbocycles. The summed E-state index contributed by atoms with van der Waals surface area (Å²) in [6.07, 6.45) is 1.20. The molecule has 1 heterocycles. The van der Waals surface area contributed by atoms with Crippen LogP contribution in [-0.4, -0.2) is 31.4 Å². The highest BCUT2D eigenvalue weighted by molar-refractivity contribution is 5.62. The molecule has 112 valence electrons. The number of ether oxygens (including phenoxy) is 2. The Kier molecular flexibility index (Phi) is 4.43. The van der Waals surface area contributed by atoms with Gasteiger partial charge in [-0.15, -0.1) is 0 Å². The topological polar surface area (TPSA) is 47.7 Å². The molecule has 1 aromatic carbocycles. The summed E-state index contributed by atoms with van der Waals surface area (Å²) in [5, 5.41) is 0. The highest BCUT2D eigenvalue weighted by Crippen LogP contribution is 2.31. The summed E-state index contributed by atoms with van der Waals surface area (Å²) in [6, 6.07) is 6.02. The first kappa shape index (κ1) is 15.0. The van der Waals surface area contributed by atoms with Gasteiger partial charge in [-0.25, -0.2) is 0 Å². The molecule has 2 N–H and O–H groups in total. The maximum absolute atomic E-state index is 5.97. The van der Waals surface area contributed by atoms with E-state index in [-0.39, 0.29) is 11.7 Å². The van der Waals surface area contributed by atoms with Crippen LogP contribution in [0.15, 0.2) is 18.2 Å². The monoisotopic (exact) mass is 278 g/mol. The molecule has 1 aliphatic rings. The van der Waals surface area contributed by atoms with Crippen molar-refractivity contribution in [1.29, 1.82) is 0 Å². The molecule has 0 radical (unpaired) electrons. The van der Waals surface area contributed by atoms with Gasteiger partial charge in [-0.1, -0.05) is 6.92 Å². The third-order valence-corrected chi connectivity index (χ3v) is 3.39. The van der Waals surface area contributed by atoms with Crippen LogP contribution in [0.3, 0.4) is 0 Å². The summed E-state index contributed by atoms with van der Waals surface area (Å²) in [6.45, 7) is 10.9. The number of anilines is 2.